The van der Waals surface area contributed by atoms with E-state index < -0.39 is 0 Å². The van der Waals surface area contributed by atoms with Gasteiger partial charge in [0, 0.05) is 36.3 Å². The highest BCUT2D eigenvalue weighted by Crippen LogP contribution is 2.22. The van der Waals surface area contributed by atoms with E-state index in [0.29, 0.717) is 0 Å². The van der Waals surface area contributed by atoms with Gasteiger partial charge in [-0.3, -0.25) is 0 Å². The molecule has 1 N–H and O–H groups in total. The Morgan fingerprint density at radius 1 is 1.39 bits per heavy atom. The lowest BCUT2D eigenvalue weighted by Gasteiger charge is -2.24. The minimum atomic E-state index is 0.237. The van der Waals surface area contributed by atoms with E-state index in [-0.39, 0.29) is 5.41 Å². The van der Waals surface area contributed by atoms with Gasteiger partial charge in [-0.15, -0.1) is 0 Å². The average molecular weight is 335 g/mol. The summed E-state index contributed by atoms with van der Waals surface area (Å²) in [6.07, 6.45) is 1.05. The van der Waals surface area contributed by atoms with Gasteiger partial charge in [-0.2, -0.15) is 0 Å². The number of hydrogen-bond donors (Lipinski definition) is 1. The Morgan fingerprint density at radius 2 is 2.11 bits per heavy atom. The highest BCUT2D eigenvalue weighted by atomic mass is 79.9. The Kier molecular flexibility index (Phi) is 6.64. The largest absolute Gasteiger partial charge is 0.385 e. The summed E-state index contributed by atoms with van der Waals surface area (Å²) in [5.74, 6) is 0. The van der Waals surface area contributed by atoms with E-state index in [2.05, 4.69) is 35.1 Å². The molecule has 0 unspecified atom stereocenters. The van der Waals surface area contributed by atoms with Crippen molar-refractivity contribution >= 4 is 27.5 Å². The van der Waals surface area contributed by atoms with Crippen LogP contribution in [0, 0.1) is 5.41 Å². The highest BCUT2D eigenvalue weighted by molar-refractivity contribution is 9.10. The first kappa shape index (κ1) is 16.0. The summed E-state index contributed by atoms with van der Waals surface area (Å²) in [6, 6.07) is 5.86. The van der Waals surface area contributed by atoms with E-state index in [0.717, 1.165) is 35.6 Å². The number of hydrogen-bond acceptors (Lipinski definition) is 2. The van der Waals surface area contributed by atoms with Gasteiger partial charge in [0.1, 0.15) is 0 Å². The molecule has 0 bridgehead atoms. The van der Waals surface area contributed by atoms with Crippen LogP contribution in [0.5, 0.6) is 0 Å². The van der Waals surface area contributed by atoms with Crippen LogP contribution in [0.2, 0.25) is 5.02 Å². The Labute approximate surface area is 123 Å². The van der Waals surface area contributed by atoms with Crippen LogP contribution in [0.3, 0.4) is 0 Å². The van der Waals surface area contributed by atoms with Crippen LogP contribution < -0.4 is 5.32 Å². The van der Waals surface area contributed by atoms with Crippen molar-refractivity contribution in [2.24, 2.45) is 5.41 Å². The molecule has 0 aliphatic carbocycles. The lowest BCUT2D eigenvalue weighted by atomic mass is 9.89. The molecule has 0 aromatic heterocycles. The van der Waals surface area contributed by atoms with Crippen molar-refractivity contribution in [1.29, 1.82) is 0 Å². The molecule has 0 heterocycles. The SMILES string of the molecule is COCCC(C)(C)CNCc1cc(Cl)ccc1Br. The van der Waals surface area contributed by atoms with Gasteiger partial charge >= 0.3 is 0 Å². The van der Waals surface area contributed by atoms with Crippen molar-refractivity contribution < 1.29 is 4.74 Å². The molecule has 0 radical (unpaired) electrons. The molecule has 0 atom stereocenters. The van der Waals surface area contributed by atoms with E-state index in [1.165, 1.54) is 5.56 Å². The number of ether oxygens (including phenoxy) is 1. The molecule has 0 aliphatic rings. The van der Waals surface area contributed by atoms with Gasteiger partial charge in [0.25, 0.3) is 0 Å². The van der Waals surface area contributed by atoms with Gasteiger partial charge in [0.05, 0.1) is 0 Å². The van der Waals surface area contributed by atoms with E-state index in [9.17, 15) is 0 Å². The molecule has 18 heavy (non-hydrogen) atoms. The first-order valence-corrected chi connectivity index (χ1v) is 7.25. The molecule has 0 aliphatic heterocycles. The average Bonchev–Trinajstić information content (AvgIpc) is 2.31. The molecule has 1 rings (SSSR count). The Balaban J connectivity index is 2.43. The van der Waals surface area contributed by atoms with Crippen LogP contribution in [0.25, 0.3) is 0 Å². The third kappa shape index (κ3) is 5.70. The van der Waals surface area contributed by atoms with Gasteiger partial charge in [-0.05, 0) is 35.6 Å². The molecular weight excluding hydrogens is 314 g/mol. The molecule has 0 spiro atoms. The molecule has 0 saturated heterocycles. The van der Waals surface area contributed by atoms with E-state index in [4.69, 9.17) is 16.3 Å². The van der Waals surface area contributed by atoms with Crippen molar-refractivity contribution in [3.8, 4) is 0 Å². The maximum Gasteiger partial charge on any atom is 0.0467 e. The minimum absolute atomic E-state index is 0.237. The number of rotatable bonds is 7. The van der Waals surface area contributed by atoms with Crippen LogP contribution in [0.1, 0.15) is 25.8 Å². The van der Waals surface area contributed by atoms with Gasteiger partial charge in [-0.1, -0.05) is 41.4 Å². The molecule has 1 aromatic carbocycles. The predicted octanol–water partition coefficient (Wildman–Crippen LogP) is 4.25. The van der Waals surface area contributed by atoms with Crippen molar-refractivity contribution in [3.05, 3.63) is 33.3 Å². The fraction of sp³-hybridized carbons (Fsp3) is 0.571. The fourth-order valence-corrected chi connectivity index (χ4v) is 2.26. The van der Waals surface area contributed by atoms with Crippen molar-refractivity contribution in [1.82, 2.24) is 5.32 Å². The summed E-state index contributed by atoms with van der Waals surface area (Å²) in [5.41, 5.74) is 1.42. The third-order valence-electron chi connectivity index (χ3n) is 2.91. The standard InChI is InChI=1S/C14H21BrClNO/c1-14(2,6-7-18-3)10-17-9-11-8-12(16)4-5-13(11)15/h4-5,8,17H,6-7,9-10H2,1-3H3. The quantitative estimate of drug-likeness (QED) is 0.804. The first-order chi connectivity index (χ1) is 8.44. The van der Waals surface area contributed by atoms with Crippen molar-refractivity contribution in [2.75, 3.05) is 20.3 Å². The number of halogens is 2. The Morgan fingerprint density at radius 3 is 2.78 bits per heavy atom. The van der Waals surface area contributed by atoms with Crippen LogP contribution >= 0.6 is 27.5 Å². The highest BCUT2D eigenvalue weighted by Gasteiger charge is 2.16. The smallest absolute Gasteiger partial charge is 0.0467 e. The summed E-state index contributed by atoms with van der Waals surface area (Å²) in [6.45, 7) is 7.06. The molecule has 2 nitrogen and oxygen atoms in total. The lowest BCUT2D eigenvalue weighted by Crippen LogP contribution is -2.30. The van der Waals surface area contributed by atoms with E-state index >= 15 is 0 Å². The zero-order valence-corrected chi connectivity index (χ0v) is 13.6. The number of benzene rings is 1. The zero-order chi connectivity index (χ0) is 13.6. The van der Waals surface area contributed by atoms with E-state index in [1.54, 1.807) is 7.11 Å². The minimum Gasteiger partial charge on any atom is -0.385 e. The second-order valence-corrected chi connectivity index (χ2v) is 6.54. The molecular formula is C14H21BrClNO. The number of nitrogens with one attached hydrogen (secondary N) is 1. The summed E-state index contributed by atoms with van der Waals surface area (Å²) in [5, 5.41) is 4.25. The zero-order valence-electron chi connectivity index (χ0n) is 11.2. The predicted molar refractivity (Wildman–Crippen MR) is 81.1 cm³/mol. The third-order valence-corrected chi connectivity index (χ3v) is 3.92. The maximum absolute atomic E-state index is 5.99. The fourth-order valence-electron chi connectivity index (χ4n) is 1.68. The topological polar surface area (TPSA) is 21.3 Å². The van der Waals surface area contributed by atoms with E-state index in [1.807, 2.05) is 18.2 Å². The second kappa shape index (κ2) is 7.49. The maximum atomic E-state index is 5.99. The van der Waals surface area contributed by atoms with Crippen LogP contribution in [0.4, 0.5) is 0 Å². The summed E-state index contributed by atoms with van der Waals surface area (Å²) >= 11 is 9.52. The molecule has 0 fully saturated rings. The normalized spacial score (nSPS) is 11.8. The Bertz CT molecular complexity index is 382. The molecule has 0 amide bonds. The van der Waals surface area contributed by atoms with Crippen molar-refractivity contribution in [2.45, 2.75) is 26.8 Å². The molecule has 102 valence electrons. The Hall–Kier alpha value is -0.0900. The van der Waals surface area contributed by atoms with Gasteiger partial charge in [0.15, 0.2) is 0 Å². The van der Waals surface area contributed by atoms with Crippen LogP contribution in [0.15, 0.2) is 22.7 Å². The summed E-state index contributed by atoms with van der Waals surface area (Å²) < 4.78 is 6.22. The summed E-state index contributed by atoms with van der Waals surface area (Å²) in [7, 11) is 1.74. The van der Waals surface area contributed by atoms with Crippen LogP contribution in [-0.4, -0.2) is 20.3 Å². The lowest BCUT2D eigenvalue weighted by molar-refractivity contribution is 0.150. The number of methoxy groups -OCH3 is 1. The molecule has 1 aromatic rings. The van der Waals surface area contributed by atoms with Gasteiger partial charge in [0.2, 0.25) is 0 Å². The molecule has 4 heteroatoms. The van der Waals surface area contributed by atoms with Crippen LogP contribution in [-0.2, 0) is 11.3 Å². The monoisotopic (exact) mass is 333 g/mol. The van der Waals surface area contributed by atoms with Gasteiger partial charge < -0.3 is 10.1 Å². The van der Waals surface area contributed by atoms with Gasteiger partial charge in [-0.25, -0.2) is 0 Å². The first-order valence-electron chi connectivity index (χ1n) is 6.08. The van der Waals surface area contributed by atoms with Crippen molar-refractivity contribution in [3.63, 3.8) is 0 Å². The molecule has 0 saturated carbocycles. The summed E-state index contributed by atoms with van der Waals surface area (Å²) in [4.78, 5) is 0. The second-order valence-electron chi connectivity index (χ2n) is 5.25.